The molecule has 1 aromatic heterocycles. The van der Waals surface area contributed by atoms with Gasteiger partial charge in [0.05, 0.1) is 19.8 Å². The fourth-order valence-electron chi connectivity index (χ4n) is 3.34. The molecule has 2 aromatic rings. The monoisotopic (exact) mass is 369 g/mol. The first kappa shape index (κ1) is 19.0. The zero-order valence-corrected chi connectivity index (χ0v) is 16.0. The Kier molecular flexibility index (Phi) is 6.52. The van der Waals surface area contributed by atoms with Crippen LogP contribution in [0.15, 0.2) is 36.5 Å². The lowest BCUT2D eigenvalue weighted by Crippen LogP contribution is -2.32. The number of nitrogens with one attached hydrogen (secondary N) is 2. The number of hydrogen-bond acceptors (Lipinski definition) is 5. The van der Waals surface area contributed by atoms with E-state index in [0.29, 0.717) is 11.6 Å². The van der Waals surface area contributed by atoms with Crippen LogP contribution in [0, 0.1) is 0 Å². The minimum Gasteiger partial charge on any atom is -0.493 e. The van der Waals surface area contributed by atoms with Gasteiger partial charge in [0, 0.05) is 18.8 Å². The molecule has 0 atom stereocenters. The number of pyridine rings is 1. The van der Waals surface area contributed by atoms with Crippen LogP contribution in [-0.4, -0.2) is 37.7 Å². The molecule has 0 bridgehead atoms. The van der Waals surface area contributed by atoms with Crippen LogP contribution in [0.2, 0.25) is 0 Å². The van der Waals surface area contributed by atoms with Crippen molar-refractivity contribution in [2.75, 3.05) is 26.1 Å². The van der Waals surface area contributed by atoms with Crippen molar-refractivity contribution in [3.8, 4) is 11.5 Å². The van der Waals surface area contributed by atoms with Crippen LogP contribution in [0.25, 0.3) is 0 Å². The molecule has 1 aliphatic rings. The van der Waals surface area contributed by atoms with Crippen LogP contribution in [0.1, 0.15) is 41.6 Å². The summed E-state index contributed by atoms with van der Waals surface area (Å²) in [7, 11) is 3.26. The summed E-state index contributed by atoms with van der Waals surface area (Å²) < 4.78 is 10.6. The van der Waals surface area contributed by atoms with Gasteiger partial charge in [-0.2, -0.15) is 0 Å². The molecule has 27 heavy (non-hydrogen) atoms. The predicted octanol–water partition coefficient (Wildman–Crippen LogP) is 3.43. The van der Waals surface area contributed by atoms with E-state index in [4.69, 9.17) is 9.47 Å². The summed E-state index contributed by atoms with van der Waals surface area (Å²) in [6, 6.07) is 9.88. The Morgan fingerprint density at radius 2 is 1.89 bits per heavy atom. The Morgan fingerprint density at radius 3 is 2.56 bits per heavy atom. The molecule has 1 aromatic carbocycles. The zero-order valence-electron chi connectivity index (χ0n) is 16.0. The molecular formula is C21H27N3O3. The second-order valence-corrected chi connectivity index (χ2v) is 6.75. The first-order valence-electron chi connectivity index (χ1n) is 9.41. The zero-order chi connectivity index (χ0) is 19.1. The summed E-state index contributed by atoms with van der Waals surface area (Å²) >= 11 is 0. The number of benzene rings is 1. The molecule has 1 fully saturated rings. The van der Waals surface area contributed by atoms with Crippen molar-refractivity contribution >= 4 is 11.7 Å². The molecule has 1 aliphatic carbocycles. The minimum atomic E-state index is -0.0359. The fraction of sp³-hybridized carbons (Fsp3) is 0.429. The third kappa shape index (κ3) is 5.12. The smallest absolute Gasteiger partial charge is 0.253 e. The van der Waals surface area contributed by atoms with Crippen molar-refractivity contribution in [3.05, 3.63) is 47.7 Å². The van der Waals surface area contributed by atoms with Gasteiger partial charge in [0.15, 0.2) is 11.5 Å². The largest absolute Gasteiger partial charge is 0.493 e. The Morgan fingerprint density at radius 1 is 1.11 bits per heavy atom. The Balaban J connectivity index is 1.49. The van der Waals surface area contributed by atoms with E-state index in [1.54, 1.807) is 20.4 Å². The van der Waals surface area contributed by atoms with Crippen LogP contribution in [0.3, 0.4) is 0 Å². The molecular weight excluding hydrogens is 342 g/mol. The number of carbonyl (C=O) groups is 1. The van der Waals surface area contributed by atoms with Gasteiger partial charge in [0.2, 0.25) is 0 Å². The van der Waals surface area contributed by atoms with Crippen molar-refractivity contribution < 1.29 is 14.3 Å². The molecule has 1 amide bonds. The Hall–Kier alpha value is -2.76. The van der Waals surface area contributed by atoms with Crippen LogP contribution in [0.4, 0.5) is 5.82 Å². The summed E-state index contributed by atoms with van der Waals surface area (Å²) in [5, 5.41) is 6.36. The van der Waals surface area contributed by atoms with E-state index in [1.807, 2.05) is 30.3 Å². The first-order valence-corrected chi connectivity index (χ1v) is 9.41. The van der Waals surface area contributed by atoms with Crippen LogP contribution in [0.5, 0.6) is 11.5 Å². The average molecular weight is 369 g/mol. The maximum absolute atomic E-state index is 12.2. The molecule has 3 rings (SSSR count). The van der Waals surface area contributed by atoms with E-state index in [2.05, 4.69) is 15.6 Å². The summed E-state index contributed by atoms with van der Waals surface area (Å²) in [6.45, 7) is 0.732. The number of methoxy groups -OCH3 is 2. The number of aromatic nitrogens is 1. The molecule has 1 heterocycles. The third-order valence-electron chi connectivity index (χ3n) is 4.88. The van der Waals surface area contributed by atoms with E-state index >= 15 is 0 Å². The van der Waals surface area contributed by atoms with Crippen molar-refractivity contribution in [3.63, 3.8) is 0 Å². The van der Waals surface area contributed by atoms with Gasteiger partial charge in [-0.1, -0.05) is 18.9 Å². The van der Waals surface area contributed by atoms with Crippen LogP contribution >= 0.6 is 0 Å². The topological polar surface area (TPSA) is 72.5 Å². The van der Waals surface area contributed by atoms with Crippen molar-refractivity contribution in [1.82, 2.24) is 10.3 Å². The molecule has 0 saturated heterocycles. The summed E-state index contributed by atoms with van der Waals surface area (Å²) in [5.74, 6) is 2.17. The van der Waals surface area contributed by atoms with E-state index < -0.39 is 0 Å². The fourth-order valence-corrected chi connectivity index (χ4v) is 3.34. The molecule has 0 radical (unpaired) electrons. The lowest BCUT2D eigenvalue weighted by atomic mass is 10.1. The minimum absolute atomic E-state index is 0.0359. The number of rotatable bonds is 8. The molecule has 0 unspecified atom stereocenters. The molecule has 0 aliphatic heterocycles. The van der Waals surface area contributed by atoms with Gasteiger partial charge in [-0.15, -0.1) is 0 Å². The molecule has 2 N–H and O–H groups in total. The van der Waals surface area contributed by atoms with Crippen molar-refractivity contribution in [1.29, 1.82) is 0 Å². The second-order valence-electron chi connectivity index (χ2n) is 6.75. The SMILES string of the molecule is COc1ccc(CCNc2ccc(C(=O)NC3CCCC3)cn2)cc1OC. The normalized spacial score (nSPS) is 14.0. The number of ether oxygens (including phenoxy) is 2. The molecule has 6 nitrogen and oxygen atoms in total. The number of hydrogen-bond donors (Lipinski definition) is 2. The lowest BCUT2D eigenvalue weighted by Gasteiger charge is -2.12. The van der Waals surface area contributed by atoms with Crippen LogP contribution < -0.4 is 20.1 Å². The van der Waals surface area contributed by atoms with Gasteiger partial charge in [-0.05, 0) is 49.1 Å². The van der Waals surface area contributed by atoms with E-state index in [-0.39, 0.29) is 5.91 Å². The highest BCUT2D eigenvalue weighted by atomic mass is 16.5. The number of nitrogens with zero attached hydrogens (tertiary/aromatic N) is 1. The quantitative estimate of drug-likeness (QED) is 0.746. The molecule has 6 heteroatoms. The highest BCUT2D eigenvalue weighted by Crippen LogP contribution is 2.27. The molecule has 1 saturated carbocycles. The van der Waals surface area contributed by atoms with Crippen molar-refractivity contribution in [2.45, 2.75) is 38.1 Å². The maximum atomic E-state index is 12.2. The van der Waals surface area contributed by atoms with Crippen LogP contribution in [-0.2, 0) is 6.42 Å². The maximum Gasteiger partial charge on any atom is 0.253 e. The molecule has 0 spiro atoms. The second kappa shape index (κ2) is 9.26. The number of anilines is 1. The van der Waals surface area contributed by atoms with E-state index in [9.17, 15) is 4.79 Å². The van der Waals surface area contributed by atoms with Gasteiger partial charge in [0.25, 0.3) is 5.91 Å². The third-order valence-corrected chi connectivity index (χ3v) is 4.88. The van der Waals surface area contributed by atoms with E-state index in [1.165, 1.54) is 12.8 Å². The average Bonchev–Trinajstić information content (AvgIpc) is 3.21. The summed E-state index contributed by atoms with van der Waals surface area (Å²) in [4.78, 5) is 16.6. The first-order chi connectivity index (χ1) is 13.2. The highest BCUT2D eigenvalue weighted by Gasteiger charge is 2.18. The van der Waals surface area contributed by atoms with Gasteiger partial charge in [0.1, 0.15) is 5.82 Å². The lowest BCUT2D eigenvalue weighted by molar-refractivity contribution is 0.0937. The van der Waals surface area contributed by atoms with Gasteiger partial charge < -0.3 is 20.1 Å². The Bertz CT molecular complexity index is 756. The van der Waals surface area contributed by atoms with E-state index in [0.717, 1.165) is 48.7 Å². The Labute approximate surface area is 160 Å². The molecule has 144 valence electrons. The van der Waals surface area contributed by atoms with Gasteiger partial charge >= 0.3 is 0 Å². The number of carbonyl (C=O) groups excluding carboxylic acids is 1. The van der Waals surface area contributed by atoms with Gasteiger partial charge in [-0.25, -0.2) is 4.98 Å². The standard InChI is InChI=1S/C21H27N3O3/c1-26-18-9-7-15(13-19(18)27-2)11-12-22-20-10-8-16(14-23-20)21(25)24-17-5-3-4-6-17/h7-10,13-14,17H,3-6,11-12H2,1-2H3,(H,22,23)(H,24,25). The summed E-state index contributed by atoms with van der Waals surface area (Å²) in [6.07, 6.45) is 7.01. The summed E-state index contributed by atoms with van der Waals surface area (Å²) in [5.41, 5.74) is 1.75. The number of amides is 1. The highest BCUT2D eigenvalue weighted by molar-refractivity contribution is 5.94. The predicted molar refractivity (Wildman–Crippen MR) is 106 cm³/mol. The van der Waals surface area contributed by atoms with Crippen molar-refractivity contribution in [2.24, 2.45) is 0 Å². The van der Waals surface area contributed by atoms with Gasteiger partial charge in [-0.3, -0.25) is 4.79 Å².